The van der Waals surface area contributed by atoms with E-state index in [1.54, 1.807) is 4.57 Å². The van der Waals surface area contributed by atoms with Crippen LogP contribution >= 0.6 is 0 Å². The molecule has 10 nitrogen and oxygen atoms in total. The standard InChI is InChI=1S/C33H34F3N5O5/c34-33(35,36)26-5-1-24(2-6-26)14-20-44-28-9-3-25(4-10-28)21-38-16-18-39(19-17-38)27-7-11-29(12-8-27)45-23-30-13-15-40-22-31(41(42)43)37-32(40)46-30/h1-12,22,30H,13-21,23H2/t30-/m1/s1. The number of halogens is 3. The Labute approximate surface area is 264 Å². The first-order valence-corrected chi connectivity index (χ1v) is 15.2. The van der Waals surface area contributed by atoms with Gasteiger partial charge in [0.25, 0.3) is 0 Å². The van der Waals surface area contributed by atoms with E-state index in [2.05, 4.69) is 39.0 Å². The maximum Gasteiger partial charge on any atom is 0.416 e. The second kappa shape index (κ2) is 13.7. The number of hydrogen-bond donors (Lipinski definition) is 0. The number of fused-ring (bicyclic) bond motifs is 1. The van der Waals surface area contributed by atoms with Crippen LogP contribution in [-0.4, -0.2) is 64.9 Å². The molecule has 0 N–H and O–H groups in total. The maximum absolute atomic E-state index is 12.7. The Balaban J connectivity index is 0.896. The first-order valence-electron chi connectivity index (χ1n) is 15.2. The lowest BCUT2D eigenvalue weighted by atomic mass is 10.1. The Morgan fingerprint density at radius 1 is 0.870 bits per heavy atom. The van der Waals surface area contributed by atoms with Gasteiger partial charge in [-0.25, -0.2) is 0 Å². The number of anilines is 1. The van der Waals surface area contributed by atoms with Crippen LogP contribution < -0.4 is 19.1 Å². The largest absolute Gasteiger partial charge is 0.493 e. The fraction of sp³-hybridized carbons (Fsp3) is 0.364. The van der Waals surface area contributed by atoms with Crippen molar-refractivity contribution in [3.8, 4) is 17.5 Å². The van der Waals surface area contributed by atoms with Gasteiger partial charge in [-0.3, -0.25) is 9.47 Å². The number of benzene rings is 3. The number of alkyl halides is 3. The molecule has 1 fully saturated rings. The van der Waals surface area contributed by atoms with Crippen LogP contribution in [0, 0.1) is 10.1 Å². The van der Waals surface area contributed by atoms with E-state index < -0.39 is 16.7 Å². The molecule has 1 saturated heterocycles. The van der Waals surface area contributed by atoms with Gasteiger partial charge in [0.1, 0.15) is 30.4 Å². The van der Waals surface area contributed by atoms with Gasteiger partial charge in [-0.05, 0) is 64.6 Å². The highest BCUT2D eigenvalue weighted by molar-refractivity contribution is 5.49. The molecule has 6 rings (SSSR count). The zero-order valence-electron chi connectivity index (χ0n) is 25.1. The summed E-state index contributed by atoms with van der Waals surface area (Å²) in [6.07, 6.45) is -1.97. The molecule has 1 atom stereocenters. The van der Waals surface area contributed by atoms with Gasteiger partial charge in [-0.15, -0.1) is 0 Å². The Morgan fingerprint density at radius 3 is 2.20 bits per heavy atom. The Bertz CT molecular complexity index is 1600. The molecule has 1 aromatic heterocycles. The number of nitro groups is 1. The number of aryl methyl sites for hydroxylation is 1. The monoisotopic (exact) mass is 637 g/mol. The molecular formula is C33H34F3N5O5. The van der Waals surface area contributed by atoms with Crippen LogP contribution in [0.3, 0.4) is 0 Å². The molecule has 0 spiro atoms. The van der Waals surface area contributed by atoms with Crippen molar-refractivity contribution in [2.24, 2.45) is 0 Å². The molecule has 0 saturated carbocycles. The van der Waals surface area contributed by atoms with E-state index in [9.17, 15) is 23.3 Å². The normalized spacial score (nSPS) is 16.8. The van der Waals surface area contributed by atoms with Crippen molar-refractivity contribution in [2.45, 2.75) is 38.2 Å². The minimum Gasteiger partial charge on any atom is -0.493 e. The summed E-state index contributed by atoms with van der Waals surface area (Å²) in [7, 11) is 0. The van der Waals surface area contributed by atoms with Gasteiger partial charge in [-0.1, -0.05) is 24.3 Å². The van der Waals surface area contributed by atoms with Gasteiger partial charge in [0.05, 0.1) is 12.2 Å². The molecule has 0 bridgehead atoms. The molecule has 0 amide bonds. The van der Waals surface area contributed by atoms with Crippen LogP contribution in [0.15, 0.2) is 79.0 Å². The first kappa shape index (κ1) is 31.2. The summed E-state index contributed by atoms with van der Waals surface area (Å²) in [6.45, 7) is 5.80. The van der Waals surface area contributed by atoms with Crippen LogP contribution in [-0.2, 0) is 25.7 Å². The molecule has 0 unspecified atom stereocenters. The minimum atomic E-state index is -4.33. The summed E-state index contributed by atoms with van der Waals surface area (Å²) in [6, 6.07) is 21.4. The van der Waals surface area contributed by atoms with E-state index in [1.165, 1.54) is 23.9 Å². The van der Waals surface area contributed by atoms with Crippen molar-refractivity contribution < 1.29 is 32.3 Å². The smallest absolute Gasteiger partial charge is 0.416 e. The summed E-state index contributed by atoms with van der Waals surface area (Å²) < 4.78 is 57.4. The Morgan fingerprint density at radius 2 is 1.52 bits per heavy atom. The van der Waals surface area contributed by atoms with Crippen LogP contribution in [0.25, 0.3) is 0 Å². The molecule has 0 aliphatic carbocycles. The molecule has 3 heterocycles. The van der Waals surface area contributed by atoms with E-state index in [4.69, 9.17) is 14.2 Å². The molecule has 2 aliphatic rings. The fourth-order valence-corrected chi connectivity index (χ4v) is 5.54. The highest BCUT2D eigenvalue weighted by Gasteiger charge is 2.30. The van der Waals surface area contributed by atoms with Crippen LogP contribution in [0.2, 0.25) is 0 Å². The molecule has 3 aromatic carbocycles. The summed E-state index contributed by atoms with van der Waals surface area (Å²) in [4.78, 5) is 19.1. The van der Waals surface area contributed by atoms with E-state index >= 15 is 0 Å². The Hall–Kier alpha value is -4.78. The molecular weight excluding hydrogens is 603 g/mol. The van der Waals surface area contributed by atoms with Gasteiger partial charge < -0.3 is 29.2 Å². The lowest BCUT2D eigenvalue weighted by Gasteiger charge is -2.36. The zero-order chi connectivity index (χ0) is 32.1. The third-order valence-electron chi connectivity index (χ3n) is 8.16. The zero-order valence-corrected chi connectivity index (χ0v) is 25.1. The molecule has 4 aromatic rings. The van der Waals surface area contributed by atoms with Crippen LogP contribution in [0.4, 0.5) is 24.7 Å². The minimum absolute atomic E-state index is 0.218. The number of hydrogen-bond acceptors (Lipinski definition) is 8. The van der Waals surface area contributed by atoms with Gasteiger partial charge >= 0.3 is 18.0 Å². The number of nitrogens with zero attached hydrogens (tertiary/aromatic N) is 5. The van der Waals surface area contributed by atoms with Gasteiger partial charge in [0.15, 0.2) is 0 Å². The fourth-order valence-electron chi connectivity index (χ4n) is 5.54. The number of imidazole rings is 1. The lowest BCUT2D eigenvalue weighted by molar-refractivity contribution is -0.389. The van der Waals surface area contributed by atoms with Gasteiger partial charge in [0.2, 0.25) is 0 Å². The number of aromatic nitrogens is 2. The molecule has 2 aliphatic heterocycles. The average Bonchev–Trinajstić information content (AvgIpc) is 3.49. The summed E-state index contributed by atoms with van der Waals surface area (Å²) >= 11 is 0. The first-order chi connectivity index (χ1) is 22.2. The van der Waals surface area contributed by atoms with Crippen molar-refractivity contribution in [3.63, 3.8) is 0 Å². The third kappa shape index (κ3) is 7.89. The van der Waals surface area contributed by atoms with Gasteiger partial charge in [-0.2, -0.15) is 13.2 Å². The van der Waals surface area contributed by atoms with E-state index in [0.29, 0.717) is 32.6 Å². The SMILES string of the molecule is O=[N+]([O-])c1cn2c(n1)O[C@@H](COc1ccc(N3CCN(Cc4ccc(OCCc5ccc(C(F)(F)F)cc5)cc4)CC3)cc1)CC2. The lowest BCUT2D eigenvalue weighted by Crippen LogP contribution is -2.45. The van der Waals surface area contributed by atoms with E-state index in [1.807, 2.05) is 24.3 Å². The predicted molar refractivity (Wildman–Crippen MR) is 164 cm³/mol. The molecule has 13 heteroatoms. The number of piperazine rings is 1. The summed E-state index contributed by atoms with van der Waals surface area (Å²) in [5.41, 5.74) is 2.47. The van der Waals surface area contributed by atoms with Crippen molar-refractivity contribution >= 4 is 11.5 Å². The van der Waals surface area contributed by atoms with E-state index in [0.717, 1.165) is 67.6 Å². The molecule has 242 valence electrons. The van der Waals surface area contributed by atoms with Crippen LogP contribution in [0.1, 0.15) is 23.1 Å². The van der Waals surface area contributed by atoms with Crippen molar-refractivity contribution in [1.82, 2.24) is 14.5 Å². The van der Waals surface area contributed by atoms with E-state index in [-0.39, 0.29) is 17.9 Å². The quantitative estimate of drug-likeness (QED) is 0.146. The number of rotatable bonds is 11. The highest BCUT2D eigenvalue weighted by atomic mass is 19.4. The number of ether oxygens (including phenoxy) is 3. The maximum atomic E-state index is 12.7. The Kier molecular flexibility index (Phi) is 9.29. The van der Waals surface area contributed by atoms with Crippen LogP contribution in [0.5, 0.6) is 17.5 Å². The predicted octanol–water partition coefficient (Wildman–Crippen LogP) is 5.98. The van der Waals surface area contributed by atoms with Crippen molar-refractivity contribution in [2.75, 3.05) is 44.3 Å². The summed E-state index contributed by atoms with van der Waals surface area (Å²) in [5.74, 6) is 1.25. The topological polar surface area (TPSA) is 95.1 Å². The molecule has 0 radical (unpaired) electrons. The van der Waals surface area contributed by atoms with Gasteiger partial charge in [0, 0.05) is 62.8 Å². The highest BCUT2D eigenvalue weighted by Crippen LogP contribution is 2.29. The average molecular weight is 638 g/mol. The summed E-state index contributed by atoms with van der Waals surface area (Å²) in [5, 5.41) is 11.0. The van der Waals surface area contributed by atoms with Crippen molar-refractivity contribution in [1.29, 1.82) is 0 Å². The second-order valence-electron chi connectivity index (χ2n) is 11.4. The molecule has 46 heavy (non-hydrogen) atoms. The third-order valence-corrected chi connectivity index (χ3v) is 8.16. The second-order valence-corrected chi connectivity index (χ2v) is 11.4. The van der Waals surface area contributed by atoms with Crippen molar-refractivity contribution in [3.05, 3.63) is 106 Å².